The third kappa shape index (κ3) is 7.06. The minimum atomic E-state index is -1.26. The molecule has 8 fully saturated rings. The zero-order chi connectivity index (χ0) is 38.1. The minimum absolute atomic E-state index is 0. The van der Waals surface area contributed by atoms with Crippen LogP contribution in [0.1, 0.15) is 113 Å². The quantitative estimate of drug-likeness (QED) is 0.272. The number of Topliss-reactive ketones (excluding diaryl/α,β-unsaturated/α-hetero) is 1. The van der Waals surface area contributed by atoms with Gasteiger partial charge in [-0.05, 0) is 117 Å². The summed E-state index contributed by atoms with van der Waals surface area (Å²) in [5.41, 5.74) is -0.729. The van der Waals surface area contributed by atoms with Gasteiger partial charge in [0.15, 0.2) is 18.2 Å². The molecule has 2 spiro atoms. The number of esters is 1. The Bertz CT molecular complexity index is 1350. The van der Waals surface area contributed by atoms with Gasteiger partial charge in [-0.2, -0.15) is 13.5 Å². The van der Waals surface area contributed by atoms with Crippen LogP contribution < -0.4 is 0 Å². The van der Waals surface area contributed by atoms with Crippen LogP contribution in [0, 0.1) is 51.2 Å². The fourth-order valence-electron chi connectivity index (χ4n) is 14.0. The lowest BCUT2D eigenvalue weighted by Crippen LogP contribution is -2.57. The first-order valence-corrected chi connectivity index (χ1v) is 21.4. The lowest BCUT2D eigenvalue weighted by Gasteiger charge is -2.59. The smallest absolute Gasteiger partial charge is 0.303 e. The van der Waals surface area contributed by atoms with Crippen molar-refractivity contribution in [3.63, 3.8) is 0 Å². The number of carbonyl (C=O) groups is 2. The molecule has 3 saturated heterocycles. The second kappa shape index (κ2) is 15.8. The van der Waals surface area contributed by atoms with E-state index in [2.05, 4.69) is 30.6 Å². The molecule has 12 atom stereocenters. The van der Waals surface area contributed by atoms with Crippen LogP contribution in [-0.4, -0.2) is 123 Å². The van der Waals surface area contributed by atoms with E-state index in [1.165, 1.54) is 26.2 Å². The van der Waals surface area contributed by atoms with Crippen LogP contribution in [-0.2, 0) is 33.3 Å². The van der Waals surface area contributed by atoms with Gasteiger partial charge in [0, 0.05) is 59.2 Å². The van der Waals surface area contributed by atoms with Crippen molar-refractivity contribution in [3.05, 3.63) is 0 Å². The molecule has 3 aliphatic heterocycles. The van der Waals surface area contributed by atoms with Gasteiger partial charge in [-0.15, -0.1) is 0 Å². The van der Waals surface area contributed by atoms with Crippen molar-refractivity contribution in [2.75, 3.05) is 59.6 Å². The third-order valence-corrected chi connectivity index (χ3v) is 16.2. The molecule has 0 radical (unpaired) electrons. The zero-order valence-corrected chi connectivity index (χ0v) is 36.0. The topological polar surface area (TPSA) is 107 Å². The highest BCUT2D eigenvalue weighted by Gasteiger charge is 2.82. The van der Waals surface area contributed by atoms with Crippen molar-refractivity contribution in [2.24, 2.45) is 51.2 Å². The molecule has 8 aliphatic rings. The van der Waals surface area contributed by atoms with Gasteiger partial charge in [0.05, 0.1) is 31.0 Å². The highest BCUT2D eigenvalue weighted by atomic mass is 32.1. The maximum Gasteiger partial charge on any atom is 0.303 e. The first-order chi connectivity index (χ1) is 25.1. The molecule has 0 aromatic heterocycles. The van der Waals surface area contributed by atoms with Crippen molar-refractivity contribution in [1.29, 1.82) is 0 Å². The lowest BCUT2D eigenvalue weighted by molar-refractivity contribution is -0.246. The normalized spacial score (nSPS) is 43.3. The second-order valence-corrected chi connectivity index (χ2v) is 19.7. The van der Waals surface area contributed by atoms with E-state index < -0.39 is 29.9 Å². The van der Waals surface area contributed by atoms with Crippen LogP contribution in [0.4, 0.5) is 0 Å². The molecule has 5 aliphatic carbocycles. The zero-order valence-electron chi connectivity index (χ0n) is 35.0. The largest absolute Gasteiger partial charge is 0.457 e. The number of carbonyl (C=O) groups excluding carboxylic acids is 2. The maximum atomic E-state index is 14.6. The summed E-state index contributed by atoms with van der Waals surface area (Å²) in [6, 6.07) is 0. The highest BCUT2D eigenvalue weighted by Crippen LogP contribution is 2.87. The summed E-state index contributed by atoms with van der Waals surface area (Å²) in [5, 5.41) is 10.9. The van der Waals surface area contributed by atoms with E-state index >= 15 is 0 Å². The molecule has 0 bridgehead atoms. The molecule has 3 heterocycles. The Hall–Kier alpha value is -0.790. The van der Waals surface area contributed by atoms with E-state index in [4.69, 9.17) is 23.7 Å². The van der Waals surface area contributed by atoms with Gasteiger partial charge < -0.3 is 33.7 Å². The molecule has 11 heteroatoms. The van der Waals surface area contributed by atoms with E-state index in [1.54, 1.807) is 21.0 Å². The summed E-state index contributed by atoms with van der Waals surface area (Å²) in [7, 11) is 1.78. The number of ether oxygens (including phenoxy) is 5. The molecular formula is C43H74N2O8S. The molecular weight excluding hydrogens is 705 g/mol. The number of hydrogen-bond acceptors (Lipinski definition) is 10. The van der Waals surface area contributed by atoms with Gasteiger partial charge in [-0.25, -0.2) is 0 Å². The summed E-state index contributed by atoms with van der Waals surface area (Å²) < 4.78 is 30.8. The number of rotatable bonds is 10. The fraction of sp³-hybridized carbons (Fsp3) is 0.953. The van der Waals surface area contributed by atoms with Gasteiger partial charge >= 0.3 is 5.97 Å². The number of morpholine rings is 1. The third-order valence-electron chi connectivity index (χ3n) is 16.2. The SMILES string of the molecule is CC.COCCN1CC(CN2CCOC(OC3CCC45CC46CCC4(C)C7CCC(C(OC(C)=O)C(C)(C)O)OC7C(=O)C4C6CCC5C3(C)C)C2)C1.S. The Labute approximate surface area is 332 Å². The maximum absolute atomic E-state index is 14.6. The summed E-state index contributed by atoms with van der Waals surface area (Å²) >= 11 is 0. The van der Waals surface area contributed by atoms with Crippen molar-refractivity contribution in [1.82, 2.24) is 9.80 Å². The van der Waals surface area contributed by atoms with Crippen LogP contribution >= 0.6 is 13.5 Å². The first-order valence-electron chi connectivity index (χ1n) is 21.4. The van der Waals surface area contributed by atoms with Gasteiger partial charge in [-0.1, -0.05) is 34.6 Å². The Morgan fingerprint density at radius 1 is 0.981 bits per heavy atom. The molecule has 10 nitrogen and oxygen atoms in total. The number of methoxy groups -OCH3 is 1. The molecule has 5 saturated carbocycles. The lowest BCUT2D eigenvalue weighted by atomic mass is 9.46. The number of hydrogen-bond donors (Lipinski definition) is 1. The Morgan fingerprint density at radius 2 is 1.70 bits per heavy atom. The molecule has 8 rings (SSSR count). The van der Waals surface area contributed by atoms with Crippen LogP contribution in [0.3, 0.4) is 0 Å². The van der Waals surface area contributed by atoms with E-state index in [0.29, 0.717) is 23.7 Å². The predicted octanol–water partition coefficient (Wildman–Crippen LogP) is 5.84. The predicted molar refractivity (Wildman–Crippen MR) is 212 cm³/mol. The van der Waals surface area contributed by atoms with Crippen LogP contribution in [0.15, 0.2) is 0 Å². The van der Waals surface area contributed by atoms with Crippen molar-refractivity contribution in [3.8, 4) is 0 Å². The average molecular weight is 779 g/mol. The molecule has 310 valence electrons. The van der Waals surface area contributed by atoms with Crippen molar-refractivity contribution >= 4 is 25.2 Å². The van der Waals surface area contributed by atoms with Gasteiger partial charge in [0.2, 0.25) is 0 Å². The first kappa shape index (κ1) is 42.8. The summed E-state index contributed by atoms with van der Waals surface area (Å²) in [5.74, 6) is 1.78. The van der Waals surface area contributed by atoms with Crippen molar-refractivity contribution in [2.45, 2.75) is 149 Å². The average Bonchev–Trinajstić information content (AvgIpc) is 3.71. The van der Waals surface area contributed by atoms with E-state index in [9.17, 15) is 14.7 Å². The molecule has 1 N–H and O–H groups in total. The van der Waals surface area contributed by atoms with Gasteiger partial charge in [-0.3, -0.25) is 14.5 Å². The number of aliphatic hydroxyl groups is 1. The molecule has 12 unspecified atom stereocenters. The van der Waals surface area contributed by atoms with E-state index in [1.807, 2.05) is 13.8 Å². The summed E-state index contributed by atoms with van der Waals surface area (Å²) in [6.45, 7) is 23.9. The molecule has 0 aromatic rings. The van der Waals surface area contributed by atoms with Crippen LogP contribution in [0.5, 0.6) is 0 Å². The van der Waals surface area contributed by atoms with Gasteiger partial charge in [0.25, 0.3) is 0 Å². The van der Waals surface area contributed by atoms with E-state index in [-0.39, 0.29) is 59.8 Å². The van der Waals surface area contributed by atoms with Gasteiger partial charge in [0.1, 0.15) is 6.10 Å². The Kier molecular flexibility index (Phi) is 12.5. The standard InChI is InChI=1S/C41H66N2O8.C2H6.H2S/c1-25(44)49-36(38(4,5)46)29-10-8-28-35(50-29)34(45)33-27-9-11-30-37(2,3)31(12-13-41(30)24-40(27,41)15-14-39(28,33)6)51-32-23-43(17-19-48-32)22-26-20-42(21-26)16-18-47-7;1-2;/h26-33,35-36,46H,8-24H2,1-7H3;1-2H3;1H2. The number of fused-ring (bicyclic) bond motifs is 4. The van der Waals surface area contributed by atoms with Crippen molar-refractivity contribution < 1.29 is 38.4 Å². The van der Waals surface area contributed by atoms with E-state index in [0.717, 1.165) is 90.5 Å². The van der Waals surface area contributed by atoms with Crippen LogP contribution in [0.25, 0.3) is 0 Å². The summed E-state index contributed by atoms with van der Waals surface area (Å²) in [6.07, 6.45) is 7.89. The Morgan fingerprint density at radius 3 is 2.39 bits per heavy atom. The number of ketones is 1. The summed E-state index contributed by atoms with van der Waals surface area (Å²) in [4.78, 5) is 31.7. The molecule has 0 amide bonds. The minimum Gasteiger partial charge on any atom is -0.457 e. The monoisotopic (exact) mass is 779 g/mol. The second-order valence-electron chi connectivity index (χ2n) is 19.7. The van der Waals surface area contributed by atoms with Crippen LogP contribution in [0.2, 0.25) is 0 Å². The number of nitrogens with zero attached hydrogens (tertiary/aromatic N) is 2. The Balaban J connectivity index is 0.00000163. The molecule has 54 heavy (non-hydrogen) atoms. The number of likely N-dealkylation sites (tertiary alicyclic amines) is 1. The highest BCUT2D eigenvalue weighted by molar-refractivity contribution is 7.59. The fourth-order valence-corrected chi connectivity index (χ4v) is 14.0. The molecule has 0 aromatic carbocycles.